The third-order valence-corrected chi connectivity index (χ3v) is 7.29. The Morgan fingerprint density at radius 1 is 1.08 bits per heavy atom. The Morgan fingerprint density at radius 3 is 2.62 bits per heavy atom. The SMILES string of the molecule is CCOC(=O)c1c(NC(=O)C(=O)N/N=C(\C)c2ccc(OCc3ccccc3F)c(OC)c2)sc2c1CCC2. The summed E-state index contributed by atoms with van der Waals surface area (Å²) in [4.78, 5) is 38.6. The zero-order chi connectivity index (χ0) is 27.9. The molecule has 0 radical (unpaired) electrons. The van der Waals surface area contributed by atoms with Crippen molar-refractivity contribution in [1.29, 1.82) is 0 Å². The van der Waals surface area contributed by atoms with Crippen molar-refractivity contribution in [2.24, 2.45) is 5.10 Å². The van der Waals surface area contributed by atoms with Crippen LogP contribution in [0.5, 0.6) is 11.5 Å². The second-order valence-corrected chi connectivity index (χ2v) is 9.73. The fourth-order valence-electron chi connectivity index (χ4n) is 4.10. The number of hydrazone groups is 1. The number of anilines is 1. The summed E-state index contributed by atoms with van der Waals surface area (Å²) in [6, 6.07) is 11.3. The minimum Gasteiger partial charge on any atom is -0.493 e. The summed E-state index contributed by atoms with van der Waals surface area (Å²) in [5.41, 5.74) is 4.84. The minimum atomic E-state index is -0.991. The fraction of sp³-hybridized carbons (Fsp3) is 0.286. The number of halogens is 1. The van der Waals surface area contributed by atoms with E-state index in [4.69, 9.17) is 14.2 Å². The van der Waals surface area contributed by atoms with Gasteiger partial charge in [-0.2, -0.15) is 5.10 Å². The van der Waals surface area contributed by atoms with Crippen LogP contribution in [-0.2, 0) is 33.8 Å². The van der Waals surface area contributed by atoms with Crippen molar-refractivity contribution >= 4 is 39.8 Å². The summed E-state index contributed by atoms with van der Waals surface area (Å²) in [5.74, 6) is -2.03. The zero-order valence-electron chi connectivity index (χ0n) is 21.8. The number of carbonyl (C=O) groups is 3. The topological polar surface area (TPSA) is 115 Å². The van der Waals surface area contributed by atoms with Crippen molar-refractivity contribution in [3.8, 4) is 11.5 Å². The molecular weight excluding hydrogens is 525 g/mol. The number of methoxy groups -OCH3 is 1. The smallest absolute Gasteiger partial charge is 0.341 e. The number of fused-ring (bicyclic) bond motifs is 1. The van der Waals surface area contributed by atoms with Crippen molar-refractivity contribution < 1.29 is 33.0 Å². The molecule has 1 aliphatic rings. The van der Waals surface area contributed by atoms with E-state index in [1.54, 1.807) is 50.2 Å². The molecule has 11 heteroatoms. The Kier molecular flexibility index (Phi) is 8.92. The number of benzene rings is 2. The molecular formula is C28H28FN3O6S. The maximum Gasteiger partial charge on any atom is 0.341 e. The second-order valence-electron chi connectivity index (χ2n) is 8.62. The van der Waals surface area contributed by atoms with Gasteiger partial charge in [0.1, 0.15) is 17.4 Å². The van der Waals surface area contributed by atoms with Crippen LogP contribution in [0, 0.1) is 5.82 Å². The van der Waals surface area contributed by atoms with Crippen LogP contribution in [0.2, 0.25) is 0 Å². The first-order valence-corrected chi connectivity index (χ1v) is 13.2. The predicted molar refractivity (Wildman–Crippen MR) is 145 cm³/mol. The molecule has 0 unspecified atom stereocenters. The maximum absolute atomic E-state index is 13.9. The highest BCUT2D eigenvalue weighted by Gasteiger charge is 2.29. The number of rotatable bonds is 9. The summed E-state index contributed by atoms with van der Waals surface area (Å²) < 4.78 is 30.2. The number of nitrogens with zero attached hydrogens (tertiary/aromatic N) is 1. The largest absolute Gasteiger partial charge is 0.493 e. The number of amides is 2. The van der Waals surface area contributed by atoms with Crippen molar-refractivity contribution in [1.82, 2.24) is 5.43 Å². The van der Waals surface area contributed by atoms with E-state index < -0.39 is 17.8 Å². The molecule has 39 heavy (non-hydrogen) atoms. The first kappa shape index (κ1) is 27.8. The summed E-state index contributed by atoms with van der Waals surface area (Å²) >= 11 is 1.28. The number of ether oxygens (including phenoxy) is 3. The van der Waals surface area contributed by atoms with Gasteiger partial charge in [-0.15, -0.1) is 11.3 Å². The minimum absolute atomic E-state index is 0.0196. The molecule has 204 valence electrons. The number of carbonyl (C=O) groups excluding carboxylic acids is 3. The molecule has 0 saturated heterocycles. The molecule has 0 aliphatic heterocycles. The third-order valence-electron chi connectivity index (χ3n) is 6.08. The summed E-state index contributed by atoms with van der Waals surface area (Å²) in [5, 5.41) is 6.86. The molecule has 0 bridgehead atoms. The van der Waals surface area contributed by atoms with E-state index in [2.05, 4.69) is 15.8 Å². The maximum atomic E-state index is 13.9. The monoisotopic (exact) mass is 553 g/mol. The van der Waals surface area contributed by atoms with Crippen LogP contribution in [-0.4, -0.2) is 37.2 Å². The summed E-state index contributed by atoms with van der Waals surface area (Å²) in [6.07, 6.45) is 2.47. The highest BCUT2D eigenvalue weighted by molar-refractivity contribution is 7.17. The Bertz CT molecular complexity index is 1430. The van der Waals surface area contributed by atoms with E-state index in [9.17, 15) is 18.8 Å². The standard InChI is InChI=1S/C28H28FN3O6S/c1-4-37-28(35)24-19-9-7-11-23(19)39-27(24)30-25(33)26(34)32-31-16(2)17-12-13-21(22(14-17)36-3)38-15-18-8-5-6-10-20(18)29/h5-6,8,10,12-14H,4,7,9,11,15H2,1-3H3,(H,30,33)(H,32,34)/b31-16+. The van der Waals surface area contributed by atoms with Crippen molar-refractivity contribution in [2.75, 3.05) is 19.0 Å². The van der Waals surface area contributed by atoms with Gasteiger partial charge < -0.3 is 19.5 Å². The van der Waals surface area contributed by atoms with E-state index in [1.165, 1.54) is 24.5 Å². The lowest BCUT2D eigenvalue weighted by Crippen LogP contribution is -2.33. The van der Waals surface area contributed by atoms with Crippen molar-refractivity contribution in [2.45, 2.75) is 39.7 Å². The van der Waals surface area contributed by atoms with Crippen molar-refractivity contribution in [3.05, 3.63) is 75.4 Å². The highest BCUT2D eigenvalue weighted by Crippen LogP contribution is 2.39. The van der Waals surface area contributed by atoms with E-state index in [0.717, 1.165) is 29.7 Å². The molecule has 1 aliphatic carbocycles. The van der Waals surface area contributed by atoms with Crippen LogP contribution in [0.3, 0.4) is 0 Å². The molecule has 2 aromatic carbocycles. The van der Waals surface area contributed by atoms with Gasteiger partial charge >= 0.3 is 17.8 Å². The molecule has 4 rings (SSSR count). The van der Waals surface area contributed by atoms with Crippen LogP contribution in [0.4, 0.5) is 9.39 Å². The van der Waals surface area contributed by atoms with Gasteiger partial charge in [-0.3, -0.25) is 9.59 Å². The van der Waals surface area contributed by atoms with Crippen molar-refractivity contribution in [3.63, 3.8) is 0 Å². The average Bonchev–Trinajstić information content (AvgIpc) is 3.52. The van der Waals surface area contributed by atoms with Gasteiger partial charge in [0.15, 0.2) is 11.5 Å². The summed E-state index contributed by atoms with van der Waals surface area (Å²) in [7, 11) is 1.47. The molecule has 0 fully saturated rings. The second kappa shape index (κ2) is 12.5. The number of nitrogens with one attached hydrogen (secondary N) is 2. The van der Waals surface area contributed by atoms with Crippen LogP contribution >= 0.6 is 11.3 Å². The normalized spacial score (nSPS) is 12.5. The van der Waals surface area contributed by atoms with Gasteiger partial charge in [-0.1, -0.05) is 18.2 Å². The molecule has 0 saturated carbocycles. The highest BCUT2D eigenvalue weighted by atomic mass is 32.1. The lowest BCUT2D eigenvalue weighted by Gasteiger charge is -2.13. The zero-order valence-corrected chi connectivity index (χ0v) is 22.6. The molecule has 2 N–H and O–H groups in total. The van der Waals surface area contributed by atoms with E-state index in [0.29, 0.717) is 38.9 Å². The Labute approximate surface area is 229 Å². The van der Waals surface area contributed by atoms with Crippen LogP contribution in [0.15, 0.2) is 47.6 Å². The van der Waals surface area contributed by atoms with Gasteiger partial charge in [-0.05, 0) is 62.9 Å². The molecule has 9 nitrogen and oxygen atoms in total. The van der Waals surface area contributed by atoms with Crippen LogP contribution in [0.25, 0.3) is 0 Å². The first-order chi connectivity index (χ1) is 18.8. The van der Waals surface area contributed by atoms with Gasteiger partial charge in [-0.25, -0.2) is 14.6 Å². The first-order valence-electron chi connectivity index (χ1n) is 12.3. The molecule has 1 aromatic heterocycles. The number of esters is 1. The average molecular weight is 554 g/mol. The fourth-order valence-corrected chi connectivity index (χ4v) is 5.38. The Hall–Kier alpha value is -4.25. The number of thiophene rings is 1. The van der Waals surface area contributed by atoms with Gasteiger partial charge in [0.25, 0.3) is 0 Å². The predicted octanol–water partition coefficient (Wildman–Crippen LogP) is 4.62. The van der Waals surface area contributed by atoms with Gasteiger partial charge in [0.05, 0.1) is 25.0 Å². The number of hydrogen-bond acceptors (Lipinski definition) is 8. The lowest BCUT2D eigenvalue weighted by atomic mass is 10.1. The van der Waals surface area contributed by atoms with Gasteiger partial charge in [0, 0.05) is 16.0 Å². The molecule has 0 atom stereocenters. The van der Waals surface area contributed by atoms with E-state index in [-0.39, 0.29) is 19.0 Å². The Balaban J connectivity index is 1.41. The molecule has 1 heterocycles. The van der Waals surface area contributed by atoms with Gasteiger partial charge in [0.2, 0.25) is 0 Å². The number of aryl methyl sites for hydroxylation is 1. The van der Waals surface area contributed by atoms with E-state index >= 15 is 0 Å². The molecule has 0 spiro atoms. The Morgan fingerprint density at radius 2 is 1.87 bits per heavy atom. The van der Waals surface area contributed by atoms with Crippen LogP contribution in [0.1, 0.15) is 52.2 Å². The molecule has 3 aromatic rings. The number of hydrogen-bond donors (Lipinski definition) is 2. The third kappa shape index (κ3) is 6.43. The van der Waals surface area contributed by atoms with E-state index in [1.807, 2.05) is 0 Å². The van der Waals surface area contributed by atoms with Crippen LogP contribution < -0.4 is 20.2 Å². The lowest BCUT2D eigenvalue weighted by molar-refractivity contribution is -0.136. The summed E-state index contributed by atoms with van der Waals surface area (Å²) in [6.45, 7) is 3.58. The quantitative estimate of drug-likeness (QED) is 0.173. The molecule has 2 amide bonds.